The lowest BCUT2D eigenvalue weighted by atomic mass is 10.3. The molecule has 1 aromatic rings. The van der Waals surface area contributed by atoms with Gasteiger partial charge in [-0.2, -0.15) is 0 Å². The first-order valence-electron chi connectivity index (χ1n) is 4.93. The third-order valence-electron chi connectivity index (χ3n) is 2.15. The van der Waals surface area contributed by atoms with Gasteiger partial charge in [0.05, 0.1) is 6.54 Å². The number of hydrogen-bond donors (Lipinski definition) is 0. The second kappa shape index (κ2) is 4.65. The maximum atomic E-state index is 11.6. The highest BCUT2D eigenvalue weighted by atomic mass is 16.6. The molecule has 0 aromatic heterocycles. The van der Waals surface area contributed by atoms with Crippen LogP contribution in [0.2, 0.25) is 0 Å². The molecular weight excluding hydrogens is 210 g/mol. The zero-order valence-electron chi connectivity index (χ0n) is 8.59. The monoisotopic (exact) mass is 221 g/mol. The number of carbonyl (C=O) groups excluding carboxylic acids is 2. The maximum Gasteiger partial charge on any atom is 0.415 e. The van der Waals surface area contributed by atoms with Crippen molar-refractivity contribution in [1.82, 2.24) is 4.90 Å². The lowest BCUT2D eigenvalue weighted by Crippen LogP contribution is -2.44. The Morgan fingerprint density at radius 1 is 1.31 bits per heavy atom. The summed E-state index contributed by atoms with van der Waals surface area (Å²) in [6, 6.07) is 8.73. The molecule has 1 heterocycles. The minimum absolute atomic E-state index is 0.0499. The Kier molecular flexibility index (Phi) is 3.05. The van der Waals surface area contributed by atoms with E-state index < -0.39 is 12.1 Å². The van der Waals surface area contributed by atoms with Crippen LogP contribution in [0.3, 0.4) is 0 Å². The van der Waals surface area contributed by atoms with Crippen LogP contribution >= 0.6 is 0 Å². The molecule has 0 spiro atoms. The summed E-state index contributed by atoms with van der Waals surface area (Å²) < 4.78 is 9.80. The Bertz CT molecular complexity index is 390. The summed E-state index contributed by atoms with van der Waals surface area (Å²) in [5.41, 5.74) is 0. The van der Waals surface area contributed by atoms with E-state index in [4.69, 9.17) is 9.47 Å². The predicted molar refractivity (Wildman–Crippen MR) is 55.0 cm³/mol. The molecule has 0 saturated carbocycles. The van der Waals surface area contributed by atoms with Gasteiger partial charge < -0.3 is 9.47 Å². The average molecular weight is 221 g/mol. The van der Waals surface area contributed by atoms with Gasteiger partial charge in [-0.25, -0.2) is 4.79 Å². The number of esters is 1. The summed E-state index contributed by atoms with van der Waals surface area (Å²) in [6.07, 6.45) is -0.525. The highest BCUT2D eigenvalue weighted by Gasteiger charge is 2.23. The third kappa shape index (κ3) is 2.50. The normalized spacial score (nSPS) is 15.5. The molecule has 1 aliphatic rings. The molecule has 84 valence electrons. The molecule has 0 unspecified atom stereocenters. The number of morpholine rings is 1. The molecule has 5 nitrogen and oxygen atoms in total. The first-order chi connectivity index (χ1) is 7.75. The summed E-state index contributed by atoms with van der Waals surface area (Å²) in [7, 11) is 0. The summed E-state index contributed by atoms with van der Waals surface area (Å²) in [5.74, 6) is 0.0581. The number of ether oxygens (including phenoxy) is 2. The SMILES string of the molecule is O=C1CN(C(=O)Oc2ccccc2)CCO1. The molecule has 1 fully saturated rings. The van der Waals surface area contributed by atoms with Gasteiger partial charge in [-0.15, -0.1) is 0 Å². The third-order valence-corrected chi connectivity index (χ3v) is 2.15. The summed E-state index contributed by atoms with van der Waals surface area (Å²) in [4.78, 5) is 23.9. The van der Waals surface area contributed by atoms with E-state index in [2.05, 4.69) is 0 Å². The fourth-order valence-electron chi connectivity index (χ4n) is 1.36. The topological polar surface area (TPSA) is 55.8 Å². The Morgan fingerprint density at radius 3 is 2.75 bits per heavy atom. The molecule has 16 heavy (non-hydrogen) atoms. The van der Waals surface area contributed by atoms with Crippen LogP contribution < -0.4 is 4.74 Å². The van der Waals surface area contributed by atoms with Crippen molar-refractivity contribution in [3.8, 4) is 5.75 Å². The van der Waals surface area contributed by atoms with E-state index in [-0.39, 0.29) is 13.2 Å². The predicted octanol–water partition coefficient (Wildman–Crippen LogP) is 1.04. The smallest absolute Gasteiger partial charge is 0.415 e. The van der Waals surface area contributed by atoms with Gasteiger partial charge in [0.15, 0.2) is 0 Å². The molecule has 0 bridgehead atoms. The van der Waals surface area contributed by atoms with Crippen LogP contribution in [-0.2, 0) is 9.53 Å². The van der Waals surface area contributed by atoms with E-state index in [1.165, 1.54) is 4.90 Å². The van der Waals surface area contributed by atoms with Crippen molar-refractivity contribution in [3.05, 3.63) is 30.3 Å². The van der Waals surface area contributed by atoms with Crippen LogP contribution in [0, 0.1) is 0 Å². The number of cyclic esters (lactones) is 1. The van der Waals surface area contributed by atoms with Crippen LogP contribution in [0.5, 0.6) is 5.75 Å². The fourth-order valence-corrected chi connectivity index (χ4v) is 1.36. The number of carbonyl (C=O) groups is 2. The van der Waals surface area contributed by atoms with E-state index in [9.17, 15) is 9.59 Å². The highest BCUT2D eigenvalue weighted by Crippen LogP contribution is 2.11. The van der Waals surface area contributed by atoms with Crippen LogP contribution in [0.1, 0.15) is 0 Å². The Balaban J connectivity index is 1.95. The van der Waals surface area contributed by atoms with Gasteiger partial charge >= 0.3 is 12.1 Å². The van der Waals surface area contributed by atoms with Gasteiger partial charge in [-0.1, -0.05) is 18.2 Å². The van der Waals surface area contributed by atoms with Gasteiger partial charge in [-0.3, -0.25) is 9.69 Å². The molecule has 1 amide bonds. The van der Waals surface area contributed by atoms with Crippen LogP contribution in [0.25, 0.3) is 0 Å². The molecule has 0 N–H and O–H groups in total. The molecule has 5 heteroatoms. The van der Waals surface area contributed by atoms with Crippen molar-refractivity contribution in [3.63, 3.8) is 0 Å². The van der Waals surface area contributed by atoms with Crippen molar-refractivity contribution < 1.29 is 19.1 Å². The van der Waals surface area contributed by atoms with Crippen molar-refractivity contribution in [2.24, 2.45) is 0 Å². The van der Waals surface area contributed by atoms with Crippen molar-refractivity contribution in [2.75, 3.05) is 19.7 Å². The number of nitrogens with zero attached hydrogens (tertiary/aromatic N) is 1. The van der Waals surface area contributed by atoms with Gasteiger partial charge in [0.2, 0.25) is 0 Å². The molecule has 2 rings (SSSR count). The standard InChI is InChI=1S/C11H11NO4/c13-10-8-12(6-7-15-10)11(14)16-9-4-2-1-3-5-9/h1-5H,6-8H2. The van der Waals surface area contributed by atoms with E-state index in [1.54, 1.807) is 24.3 Å². The highest BCUT2D eigenvalue weighted by molar-refractivity contribution is 5.80. The first kappa shape index (κ1) is 10.5. The van der Waals surface area contributed by atoms with Crippen molar-refractivity contribution >= 4 is 12.1 Å². The largest absolute Gasteiger partial charge is 0.462 e. The van der Waals surface area contributed by atoms with Crippen LogP contribution in [0.15, 0.2) is 30.3 Å². The maximum absolute atomic E-state index is 11.6. The second-order valence-corrected chi connectivity index (χ2v) is 3.32. The number of hydrogen-bond acceptors (Lipinski definition) is 4. The average Bonchev–Trinajstić information content (AvgIpc) is 2.30. The van der Waals surface area contributed by atoms with Gasteiger partial charge in [0.1, 0.15) is 18.9 Å². The minimum atomic E-state index is -0.525. The van der Waals surface area contributed by atoms with Crippen molar-refractivity contribution in [2.45, 2.75) is 0 Å². The molecule has 1 aliphatic heterocycles. The van der Waals surface area contributed by atoms with E-state index in [0.717, 1.165) is 0 Å². The molecule has 1 aromatic carbocycles. The summed E-state index contributed by atoms with van der Waals surface area (Å²) in [5, 5.41) is 0. The molecule has 0 radical (unpaired) electrons. The summed E-state index contributed by atoms with van der Waals surface area (Å²) >= 11 is 0. The lowest BCUT2D eigenvalue weighted by molar-refractivity contribution is -0.149. The van der Waals surface area contributed by atoms with E-state index in [0.29, 0.717) is 12.3 Å². The zero-order chi connectivity index (χ0) is 11.4. The Hall–Kier alpha value is -2.04. The quantitative estimate of drug-likeness (QED) is 0.665. The van der Waals surface area contributed by atoms with Crippen LogP contribution in [0.4, 0.5) is 4.79 Å². The van der Waals surface area contributed by atoms with Gasteiger partial charge in [0, 0.05) is 0 Å². The van der Waals surface area contributed by atoms with Gasteiger partial charge in [0.25, 0.3) is 0 Å². The minimum Gasteiger partial charge on any atom is -0.462 e. The zero-order valence-corrected chi connectivity index (χ0v) is 8.59. The Labute approximate surface area is 92.6 Å². The summed E-state index contributed by atoms with van der Waals surface area (Å²) in [6.45, 7) is 0.547. The Morgan fingerprint density at radius 2 is 2.06 bits per heavy atom. The number of para-hydroxylation sites is 1. The van der Waals surface area contributed by atoms with Crippen LogP contribution in [-0.4, -0.2) is 36.7 Å². The lowest BCUT2D eigenvalue weighted by Gasteiger charge is -2.24. The fraction of sp³-hybridized carbons (Fsp3) is 0.273. The number of benzene rings is 1. The number of amides is 1. The molecule has 0 atom stereocenters. The van der Waals surface area contributed by atoms with Gasteiger partial charge in [-0.05, 0) is 12.1 Å². The molecular formula is C11H11NO4. The molecule has 1 saturated heterocycles. The van der Waals surface area contributed by atoms with E-state index >= 15 is 0 Å². The first-order valence-corrected chi connectivity index (χ1v) is 4.93. The second-order valence-electron chi connectivity index (χ2n) is 3.32. The molecule has 0 aliphatic carbocycles. The van der Waals surface area contributed by atoms with E-state index in [1.807, 2.05) is 6.07 Å². The van der Waals surface area contributed by atoms with Crippen molar-refractivity contribution in [1.29, 1.82) is 0 Å². The number of rotatable bonds is 1.